The molecule has 29 heavy (non-hydrogen) atoms. The van der Waals surface area contributed by atoms with Crippen LogP contribution in [0.2, 0.25) is 0 Å². The average molecular weight is 440 g/mol. The molecule has 1 rings (SSSR count). The third kappa shape index (κ3) is 12.2. The minimum absolute atomic E-state index is 0.0485. The molecule has 0 spiro atoms. The summed E-state index contributed by atoms with van der Waals surface area (Å²) in [5.74, 6) is 0.0492. The normalized spacial score (nSPS) is 13.1. The number of hydrogen-bond donors (Lipinski definition) is 6. The van der Waals surface area contributed by atoms with Crippen molar-refractivity contribution in [3.8, 4) is 0 Å². The molecule has 12 nitrogen and oxygen atoms in total. The molecule has 16 heteroatoms. The molecule has 0 aliphatic heterocycles. The zero-order valence-electron chi connectivity index (χ0n) is 15.7. The number of aliphatic imine (C=N–C) groups is 1. The van der Waals surface area contributed by atoms with Gasteiger partial charge in [0.15, 0.2) is 5.96 Å². The molecule has 0 unspecified atom stereocenters. The lowest BCUT2D eigenvalue weighted by atomic mass is 10.4. The number of aromatic nitrogens is 2. The second kappa shape index (κ2) is 11.2. The number of nitrogens with one attached hydrogen (secondary N) is 5. The van der Waals surface area contributed by atoms with E-state index in [-0.39, 0.29) is 17.7 Å². The summed E-state index contributed by atoms with van der Waals surface area (Å²) < 4.78 is 61.9. The van der Waals surface area contributed by atoms with Crippen LogP contribution < -0.4 is 32.5 Å². The number of rotatable bonds is 9. The van der Waals surface area contributed by atoms with Crippen LogP contribution in [0.5, 0.6) is 0 Å². The Labute approximate surface area is 165 Å². The van der Waals surface area contributed by atoms with Crippen LogP contribution in [0.1, 0.15) is 6.42 Å². The highest BCUT2D eigenvalue weighted by atomic mass is 32.2. The Balaban J connectivity index is 2.39. The largest absolute Gasteiger partial charge is 0.408 e. The lowest BCUT2D eigenvalue weighted by Crippen LogP contribution is -2.45. The Morgan fingerprint density at radius 3 is 2.66 bits per heavy atom. The second-order valence-electron chi connectivity index (χ2n) is 5.46. The molecule has 0 atom stereocenters. The van der Waals surface area contributed by atoms with Gasteiger partial charge < -0.3 is 21.7 Å². The maximum absolute atomic E-state index is 12.1. The van der Waals surface area contributed by atoms with Crippen LogP contribution in [-0.4, -0.2) is 69.4 Å². The number of hydrazine groups is 1. The molecular weight excluding hydrogens is 417 g/mol. The van der Waals surface area contributed by atoms with Crippen molar-refractivity contribution in [3.63, 3.8) is 0 Å². The van der Waals surface area contributed by atoms with Crippen molar-refractivity contribution < 1.29 is 21.6 Å². The molecule has 0 aliphatic rings. The summed E-state index contributed by atoms with van der Waals surface area (Å²) in [5.41, 5.74) is 10.8. The van der Waals surface area contributed by atoms with E-state index in [0.29, 0.717) is 19.5 Å². The first-order valence-corrected chi connectivity index (χ1v) is 10.0. The Kier molecular flexibility index (Phi) is 9.33. The number of guanidine groups is 2. The van der Waals surface area contributed by atoms with Gasteiger partial charge in [0.1, 0.15) is 12.4 Å². The van der Waals surface area contributed by atoms with Crippen LogP contribution >= 0.6 is 0 Å². The SMILES string of the molecule is CN/C(=N/S(C)(=O)=O)NNCCCNc1nccc(N/C(N)=N\CC(F)(F)F)n1. The molecule has 0 fully saturated rings. The van der Waals surface area contributed by atoms with E-state index in [1.807, 2.05) is 0 Å². The quantitative estimate of drug-likeness (QED) is 0.124. The number of nitrogens with two attached hydrogens (primary N) is 1. The van der Waals surface area contributed by atoms with Crippen LogP contribution in [0.25, 0.3) is 0 Å². The molecule has 0 aliphatic carbocycles. The van der Waals surface area contributed by atoms with Gasteiger partial charge in [-0.2, -0.15) is 18.2 Å². The smallest absolute Gasteiger partial charge is 0.370 e. The second-order valence-corrected chi connectivity index (χ2v) is 7.11. The van der Waals surface area contributed by atoms with E-state index in [1.165, 1.54) is 19.3 Å². The number of hydrogen-bond acceptors (Lipinski definition) is 7. The fourth-order valence-electron chi connectivity index (χ4n) is 1.68. The van der Waals surface area contributed by atoms with Crippen molar-refractivity contribution in [2.75, 3.05) is 43.6 Å². The number of alkyl halides is 3. The summed E-state index contributed by atoms with van der Waals surface area (Å²) in [6.45, 7) is -0.493. The van der Waals surface area contributed by atoms with Crippen molar-refractivity contribution in [1.82, 2.24) is 26.1 Å². The van der Waals surface area contributed by atoms with Crippen LogP contribution in [0.15, 0.2) is 21.7 Å². The highest BCUT2D eigenvalue weighted by Crippen LogP contribution is 2.14. The minimum atomic E-state index is -4.45. The monoisotopic (exact) mass is 440 g/mol. The van der Waals surface area contributed by atoms with Crippen LogP contribution in [0.4, 0.5) is 24.9 Å². The van der Waals surface area contributed by atoms with Crippen molar-refractivity contribution in [2.45, 2.75) is 12.6 Å². The molecule has 0 amide bonds. The highest BCUT2D eigenvalue weighted by molar-refractivity contribution is 7.89. The first-order chi connectivity index (χ1) is 13.5. The van der Waals surface area contributed by atoms with Crippen LogP contribution in [0, 0.1) is 0 Å². The molecule has 0 saturated heterocycles. The Morgan fingerprint density at radius 2 is 2.03 bits per heavy atom. The predicted molar refractivity (Wildman–Crippen MR) is 104 cm³/mol. The molecule has 0 bridgehead atoms. The fraction of sp³-hybridized carbons (Fsp3) is 0.538. The van der Waals surface area contributed by atoms with Crippen molar-refractivity contribution in [3.05, 3.63) is 12.3 Å². The molecule has 1 heterocycles. The zero-order valence-corrected chi connectivity index (χ0v) is 16.5. The van der Waals surface area contributed by atoms with Gasteiger partial charge in [-0.1, -0.05) is 0 Å². The topological polar surface area (TPSA) is 171 Å². The third-order valence-electron chi connectivity index (χ3n) is 2.80. The maximum atomic E-state index is 12.1. The Bertz CT molecular complexity index is 813. The van der Waals surface area contributed by atoms with E-state index in [4.69, 9.17) is 5.73 Å². The van der Waals surface area contributed by atoms with Gasteiger partial charge in [-0.3, -0.25) is 5.43 Å². The van der Waals surface area contributed by atoms with Crippen molar-refractivity contribution >= 4 is 33.7 Å². The van der Waals surface area contributed by atoms with Crippen molar-refractivity contribution in [1.29, 1.82) is 0 Å². The van der Waals surface area contributed by atoms with E-state index < -0.39 is 28.7 Å². The van der Waals surface area contributed by atoms with E-state index in [9.17, 15) is 21.6 Å². The van der Waals surface area contributed by atoms with Gasteiger partial charge in [-0.25, -0.2) is 23.8 Å². The summed E-state index contributed by atoms with van der Waals surface area (Å²) in [4.78, 5) is 11.2. The third-order valence-corrected chi connectivity index (χ3v) is 3.32. The van der Waals surface area contributed by atoms with Gasteiger partial charge in [0.2, 0.25) is 11.9 Å². The van der Waals surface area contributed by atoms with Gasteiger partial charge >= 0.3 is 6.18 Å². The first-order valence-electron chi connectivity index (χ1n) is 8.15. The lowest BCUT2D eigenvalue weighted by molar-refractivity contribution is -0.118. The summed E-state index contributed by atoms with van der Waals surface area (Å²) >= 11 is 0. The van der Waals surface area contributed by atoms with Gasteiger partial charge in [0.05, 0.1) is 6.26 Å². The molecule has 0 aromatic carbocycles. The number of sulfonamides is 1. The standard InChI is InChI=1S/C13H23F3N10O2S/c1-18-11(26-29(2,27)28)25-22-6-3-5-19-12-20-7-4-9(24-12)23-10(17)21-8-13(14,15)16/h4,7,22H,3,5-6,8H2,1-2H3,(H2,18,25,26)(H4,17,19,20,21,23,24). The molecule has 0 saturated carbocycles. The Morgan fingerprint density at radius 1 is 1.31 bits per heavy atom. The summed E-state index contributed by atoms with van der Waals surface area (Å²) in [6.07, 6.45) is -1.48. The van der Waals surface area contributed by atoms with Gasteiger partial charge in [-0.05, 0) is 12.5 Å². The zero-order chi connectivity index (χ0) is 21.9. The molecule has 0 radical (unpaired) electrons. The molecule has 1 aromatic heterocycles. The minimum Gasteiger partial charge on any atom is -0.370 e. The molecule has 1 aromatic rings. The van der Waals surface area contributed by atoms with Gasteiger partial charge in [-0.15, -0.1) is 4.40 Å². The van der Waals surface area contributed by atoms with Gasteiger partial charge in [0.25, 0.3) is 10.0 Å². The summed E-state index contributed by atoms with van der Waals surface area (Å²) in [6, 6.07) is 1.42. The number of anilines is 2. The van der Waals surface area contributed by atoms with Crippen LogP contribution in [0.3, 0.4) is 0 Å². The van der Waals surface area contributed by atoms with Crippen LogP contribution in [-0.2, 0) is 10.0 Å². The molecular formula is C13H23F3N10O2S. The average Bonchev–Trinajstić information content (AvgIpc) is 2.60. The van der Waals surface area contributed by atoms with E-state index >= 15 is 0 Å². The number of nitrogens with zero attached hydrogens (tertiary/aromatic N) is 4. The summed E-state index contributed by atoms with van der Waals surface area (Å²) in [5, 5.41) is 7.96. The van der Waals surface area contributed by atoms with E-state index in [0.717, 1.165) is 6.26 Å². The number of halogens is 3. The van der Waals surface area contributed by atoms with E-state index in [1.54, 1.807) is 0 Å². The maximum Gasteiger partial charge on any atom is 0.408 e. The first kappa shape index (κ1) is 24.2. The van der Waals surface area contributed by atoms with Gasteiger partial charge in [0, 0.05) is 26.3 Å². The molecule has 164 valence electrons. The lowest BCUT2D eigenvalue weighted by Gasteiger charge is -2.11. The highest BCUT2D eigenvalue weighted by Gasteiger charge is 2.26. The summed E-state index contributed by atoms with van der Waals surface area (Å²) in [7, 11) is -2.01. The Hall–Kier alpha value is -2.88. The molecule has 7 N–H and O–H groups in total. The predicted octanol–water partition coefficient (Wildman–Crippen LogP) is -0.803. The van der Waals surface area contributed by atoms with Crippen molar-refractivity contribution in [2.24, 2.45) is 15.1 Å². The fourth-order valence-corrected chi connectivity index (χ4v) is 2.15. The van der Waals surface area contributed by atoms with E-state index in [2.05, 4.69) is 46.2 Å².